The van der Waals surface area contributed by atoms with Crippen LogP contribution in [0.4, 0.5) is 0 Å². The number of allylic oxidation sites excluding steroid dienone is 3. The van der Waals surface area contributed by atoms with E-state index >= 15 is 0 Å². The smallest absolute Gasteiger partial charge is 0.0908 e. The van der Waals surface area contributed by atoms with E-state index in [1.807, 2.05) is 32.1 Å². The molecule has 0 aliphatic rings. The lowest BCUT2D eigenvalue weighted by Gasteiger charge is -1.96. The second-order valence-corrected chi connectivity index (χ2v) is 2.66. The Kier molecular flexibility index (Phi) is 5.76. The van der Waals surface area contributed by atoms with Crippen LogP contribution in [0.2, 0.25) is 0 Å². The van der Waals surface area contributed by atoms with Crippen molar-refractivity contribution in [2.75, 3.05) is 0 Å². The van der Waals surface area contributed by atoms with Crippen LogP contribution in [0.5, 0.6) is 0 Å². The van der Waals surface area contributed by atoms with E-state index in [4.69, 9.17) is 11.1 Å². The normalized spacial score (nSPS) is 10.3. The van der Waals surface area contributed by atoms with E-state index < -0.39 is 0 Å². The molecule has 12 heavy (non-hydrogen) atoms. The van der Waals surface area contributed by atoms with Gasteiger partial charge in [0.25, 0.3) is 0 Å². The van der Waals surface area contributed by atoms with Gasteiger partial charge in [-0.25, -0.2) is 0 Å². The van der Waals surface area contributed by atoms with Crippen LogP contribution in [0.25, 0.3) is 0 Å². The lowest BCUT2D eigenvalue weighted by Crippen LogP contribution is -2.08. The van der Waals surface area contributed by atoms with Gasteiger partial charge in [-0.1, -0.05) is 11.6 Å². The van der Waals surface area contributed by atoms with E-state index in [-0.39, 0.29) is 5.84 Å². The number of nitrogens with one attached hydrogen (secondary N) is 1. The van der Waals surface area contributed by atoms with Crippen molar-refractivity contribution in [1.29, 1.82) is 5.41 Å². The van der Waals surface area contributed by atoms with Crippen molar-refractivity contribution >= 4 is 5.84 Å². The van der Waals surface area contributed by atoms with Gasteiger partial charge < -0.3 is 5.73 Å². The van der Waals surface area contributed by atoms with Gasteiger partial charge in [0.1, 0.15) is 0 Å². The zero-order valence-corrected chi connectivity index (χ0v) is 7.72. The fraction of sp³-hybridized carbons (Fsp3) is 0.400. The lowest BCUT2D eigenvalue weighted by molar-refractivity contribution is 0.994. The van der Waals surface area contributed by atoms with Gasteiger partial charge in [-0.15, -0.1) is 5.73 Å². The van der Waals surface area contributed by atoms with E-state index in [1.165, 1.54) is 5.57 Å². The molecule has 0 bridgehead atoms. The van der Waals surface area contributed by atoms with Gasteiger partial charge in [0.15, 0.2) is 0 Å². The summed E-state index contributed by atoms with van der Waals surface area (Å²) in [5.41, 5.74) is 9.40. The van der Waals surface area contributed by atoms with Crippen LogP contribution in [0, 0.1) is 5.41 Å². The summed E-state index contributed by atoms with van der Waals surface area (Å²) >= 11 is 0. The largest absolute Gasteiger partial charge is 0.388 e. The summed E-state index contributed by atoms with van der Waals surface area (Å²) < 4.78 is 0. The van der Waals surface area contributed by atoms with Crippen LogP contribution in [-0.4, -0.2) is 5.84 Å². The van der Waals surface area contributed by atoms with Gasteiger partial charge in [-0.2, -0.15) is 0 Å². The Hall–Kier alpha value is -1.27. The van der Waals surface area contributed by atoms with Crippen molar-refractivity contribution in [3.05, 3.63) is 29.5 Å². The summed E-state index contributed by atoms with van der Waals surface area (Å²) in [5, 5.41) is 7.02. The van der Waals surface area contributed by atoms with Crippen LogP contribution < -0.4 is 5.73 Å². The molecule has 66 valence electrons. The Morgan fingerprint density at radius 1 is 1.50 bits per heavy atom. The third-order valence-corrected chi connectivity index (χ3v) is 1.42. The highest BCUT2D eigenvalue weighted by molar-refractivity contribution is 5.77. The van der Waals surface area contributed by atoms with Crippen molar-refractivity contribution < 1.29 is 0 Å². The molecular weight excluding hydrogens is 148 g/mol. The summed E-state index contributed by atoms with van der Waals surface area (Å²) in [6, 6.07) is 0. The van der Waals surface area contributed by atoms with Gasteiger partial charge in [0.2, 0.25) is 0 Å². The maximum atomic E-state index is 7.02. The van der Waals surface area contributed by atoms with E-state index in [0.29, 0.717) is 6.42 Å². The van der Waals surface area contributed by atoms with Crippen molar-refractivity contribution in [2.24, 2.45) is 5.73 Å². The van der Waals surface area contributed by atoms with Gasteiger partial charge in [0.05, 0.1) is 5.84 Å². The molecule has 2 nitrogen and oxygen atoms in total. The molecule has 0 radical (unpaired) electrons. The van der Waals surface area contributed by atoms with Gasteiger partial charge in [-0.05, 0) is 32.4 Å². The first-order valence-corrected chi connectivity index (χ1v) is 4.02. The van der Waals surface area contributed by atoms with E-state index in [0.717, 1.165) is 6.42 Å². The van der Waals surface area contributed by atoms with Crippen LogP contribution in [0.15, 0.2) is 29.5 Å². The molecule has 0 aliphatic carbocycles. The fourth-order valence-corrected chi connectivity index (χ4v) is 0.702. The Morgan fingerprint density at radius 2 is 2.17 bits per heavy atom. The second kappa shape index (κ2) is 6.44. The molecule has 0 unspecified atom stereocenters. The van der Waals surface area contributed by atoms with E-state index in [1.54, 1.807) is 0 Å². The maximum absolute atomic E-state index is 7.02. The Bertz CT molecular complexity index is 230. The predicted octanol–water partition coefficient (Wildman–Crippen LogP) is 2.38. The minimum atomic E-state index is 0.248. The molecule has 2 heteroatoms. The van der Waals surface area contributed by atoms with Crippen molar-refractivity contribution in [2.45, 2.75) is 26.7 Å². The van der Waals surface area contributed by atoms with Gasteiger partial charge in [0, 0.05) is 6.42 Å². The summed E-state index contributed by atoms with van der Waals surface area (Å²) in [7, 11) is 0. The first-order valence-electron chi connectivity index (χ1n) is 4.02. The highest BCUT2D eigenvalue weighted by Crippen LogP contribution is 2.02. The van der Waals surface area contributed by atoms with Crippen LogP contribution in [0.3, 0.4) is 0 Å². The van der Waals surface area contributed by atoms with Crippen LogP contribution in [0.1, 0.15) is 26.7 Å². The molecule has 0 aromatic heterocycles. The Morgan fingerprint density at radius 3 is 2.67 bits per heavy atom. The number of hydrogen-bond acceptors (Lipinski definition) is 1. The molecule has 0 amide bonds. The van der Waals surface area contributed by atoms with Crippen LogP contribution >= 0.6 is 0 Å². The quantitative estimate of drug-likeness (QED) is 0.285. The minimum absolute atomic E-state index is 0.248. The molecule has 0 heterocycles. The molecule has 0 saturated heterocycles. The van der Waals surface area contributed by atoms with Crippen molar-refractivity contribution in [1.82, 2.24) is 0 Å². The highest BCUT2D eigenvalue weighted by Gasteiger charge is 1.90. The first kappa shape index (κ1) is 10.7. The summed E-state index contributed by atoms with van der Waals surface area (Å²) in [6.07, 6.45) is 7.22. The van der Waals surface area contributed by atoms with E-state index in [9.17, 15) is 0 Å². The zero-order valence-electron chi connectivity index (χ0n) is 7.72. The fourth-order valence-electron chi connectivity index (χ4n) is 0.702. The topological polar surface area (TPSA) is 49.9 Å². The Balaban J connectivity index is 3.86. The zero-order chi connectivity index (χ0) is 9.40. The lowest BCUT2D eigenvalue weighted by atomic mass is 10.1. The third kappa shape index (κ3) is 6.84. The average Bonchev–Trinajstić information content (AvgIpc) is 2.01. The number of amidine groups is 1. The molecule has 0 aliphatic heterocycles. The minimum Gasteiger partial charge on any atom is -0.388 e. The highest BCUT2D eigenvalue weighted by atomic mass is 14.7. The molecule has 0 aromatic rings. The van der Waals surface area contributed by atoms with Crippen LogP contribution in [-0.2, 0) is 0 Å². The number of rotatable bonds is 4. The molecular formula is C10H16N2. The number of hydrogen-bond donors (Lipinski definition) is 2. The molecule has 0 atom stereocenters. The molecule has 0 spiro atoms. The summed E-state index contributed by atoms with van der Waals surface area (Å²) in [4.78, 5) is 0. The molecule has 0 fully saturated rings. The van der Waals surface area contributed by atoms with E-state index in [2.05, 4.69) is 5.73 Å². The molecule has 3 N–H and O–H groups in total. The molecule has 0 aromatic carbocycles. The van der Waals surface area contributed by atoms with Gasteiger partial charge >= 0.3 is 0 Å². The first-order chi connectivity index (χ1) is 5.66. The summed E-state index contributed by atoms with van der Waals surface area (Å²) in [6.45, 7) is 3.95. The molecule has 0 saturated carbocycles. The SMILES string of the molecule is CC=C=C/C=C(\C)CCC(=N)N. The predicted molar refractivity (Wildman–Crippen MR) is 53.2 cm³/mol. The third-order valence-electron chi connectivity index (χ3n) is 1.42. The number of nitrogens with two attached hydrogens (primary N) is 1. The second-order valence-electron chi connectivity index (χ2n) is 2.66. The molecule has 0 rings (SSSR count). The van der Waals surface area contributed by atoms with Crippen molar-refractivity contribution in [3.63, 3.8) is 0 Å². The summed E-state index contributed by atoms with van der Waals surface area (Å²) in [5.74, 6) is 0.248. The van der Waals surface area contributed by atoms with Gasteiger partial charge in [-0.3, -0.25) is 5.41 Å². The standard InChI is InChI=1S/C10H16N2/c1-3-4-5-6-9(2)7-8-10(11)12/h3,5-6H,7-8H2,1-2H3,(H3,11,12)/b9-6+. The van der Waals surface area contributed by atoms with Crippen molar-refractivity contribution in [3.8, 4) is 0 Å². The average molecular weight is 164 g/mol. The Labute approximate surface area is 74.0 Å². The maximum Gasteiger partial charge on any atom is 0.0908 e. The monoisotopic (exact) mass is 164 g/mol.